The number of rotatable bonds is 2. The molecule has 0 radical (unpaired) electrons. The van der Waals surface area contributed by atoms with Crippen LogP contribution in [0.25, 0.3) is 32.8 Å². The fourth-order valence-corrected chi connectivity index (χ4v) is 3.94. The number of thiazole rings is 1. The Bertz CT molecular complexity index is 1110. The number of hydrogen-bond donors (Lipinski definition) is 0. The zero-order chi connectivity index (χ0) is 16.7. The zero-order valence-corrected chi connectivity index (χ0v) is 14.3. The number of nitrogens with zero attached hydrogens (tertiary/aromatic N) is 3. The van der Waals surface area contributed by atoms with Crippen LogP contribution >= 0.6 is 11.3 Å². The number of benzene rings is 2. The van der Waals surface area contributed by atoms with Crippen LogP contribution < -0.4 is 0 Å². The molecule has 0 saturated heterocycles. The number of hydrogen-bond acceptors (Lipinski definition) is 3. The van der Waals surface area contributed by atoms with E-state index in [0.29, 0.717) is 5.57 Å². The van der Waals surface area contributed by atoms with Crippen LogP contribution in [0.15, 0.2) is 48.5 Å². The minimum absolute atomic E-state index is 0.607. The normalized spacial score (nSPS) is 12.0. The summed E-state index contributed by atoms with van der Waals surface area (Å²) in [5.41, 5.74) is 4.95. The van der Waals surface area contributed by atoms with Gasteiger partial charge in [-0.25, -0.2) is 4.98 Å². The summed E-state index contributed by atoms with van der Waals surface area (Å²) in [5.74, 6) is 0. The molecule has 4 aromatic rings. The monoisotopic (exact) mass is 329 g/mol. The van der Waals surface area contributed by atoms with Gasteiger partial charge in [0.25, 0.3) is 0 Å². The number of nitriles is 1. The van der Waals surface area contributed by atoms with E-state index < -0.39 is 0 Å². The van der Waals surface area contributed by atoms with E-state index in [4.69, 9.17) is 0 Å². The largest absolute Gasteiger partial charge is 0.347 e. The lowest BCUT2D eigenvalue weighted by molar-refractivity contribution is 0.916. The highest BCUT2D eigenvalue weighted by Gasteiger charge is 2.13. The Balaban J connectivity index is 1.93. The van der Waals surface area contributed by atoms with Gasteiger partial charge in [-0.15, -0.1) is 11.3 Å². The van der Waals surface area contributed by atoms with E-state index in [2.05, 4.69) is 41.7 Å². The third kappa shape index (κ3) is 2.22. The Morgan fingerprint density at radius 3 is 2.71 bits per heavy atom. The van der Waals surface area contributed by atoms with Crippen molar-refractivity contribution in [3.63, 3.8) is 0 Å². The maximum Gasteiger partial charge on any atom is 0.135 e. The summed E-state index contributed by atoms with van der Waals surface area (Å²) < 4.78 is 3.26. The molecule has 0 fully saturated rings. The predicted octanol–water partition coefficient (Wildman–Crippen LogP) is 5.16. The van der Waals surface area contributed by atoms with Crippen LogP contribution in [-0.2, 0) is 7.05 Å². The summed E-state index contributed by atoms with van der Waals surface area (Å²) in [5, 5.41) is 11.6. The molecule has 2 aromatic heterocycles. The Labute approximate surface area is 144 Å². The molecule has 0 aliphatic rings. The molecule has 0 aliphatic carbocycles. The topological polar surface area (TPSA) is 41.6 Å². The molecule has 2 heterocycles. The predicted molar refractivity (Wildman–Crippen MR) is 101 cm³/mol. The van der Waals surface area contributed by atoms with E-state index in [9.17, 15) is 5.26 Å². The van der Waals surface area contributed by atoms with Gasteiger partial charge in [0.05, 0.1) is 15.8 Å². The lowest BCUT2D eigenvalue weighted by Gasteiger charge is -1.98. The summed E-state index contributed by atoms with van der Waals surface area (Å²) in [4.78, 5) is 4.62. The van der Waals surface area contributed by atoms with E-state index in [-0.39, 0.29) is 0 Å². The summed E-state index contributed by atoms with van der Waals surface area (Å²) in [6, 6.07) is 18.6. The van der Waals surface area contributed by atoms with Crippen LogP contribution in [0.1, 0.15) is 16.3 Å². The molecule has 116 valence electrons. The maximum atomic E-state index is 9.68. The first-order valence-corrected chi connectivity index (χ1v) is 8.52. The van der Waals surface area contributed by atoms with E-state index in [1.807, 2.05) is 42.5 Å². The van der Waals surface area contributed by atoms with Crippen LogP contribution in [0.5, 0.6) is 0 Å². The molecular weight excluding hydrogens is 314 g/mol. The standard InChI is InChI=1S/C20H15N3S/c1-13-16(15-7-3-5-9-18(15)23(13)2)11-14(12-21)20-22-17-8-4-6-10-19(17)24-20/h3-11H,1-2H3. The van der Waals surface area contributed by atoms with Gasteiger partial charge in [0.2, 0.25) is 0 Å². The SMILES string of the molecule is Cc1c(C=C(C#N)c2nc3ccccc3s2)c2ccccc2n1C. The highest BCUT2D eigenvalue weighted by Crippen LogP contribution is 2.31. The number of para-hydroxylation sites is 2. The van der Waals surface area contributed by atoms with Crippen LogP contribution in [-0.4, -0.2) is 9.55 Å². The molecule has 4 heteroatoms. The van der Waals surface area contributed by atoms with Crippen LogP contribution in [0.3, 0.4) is 0 Å². The Morgan fingerprint density at radius 1 is 1.17 bits per heavy atom. The van der Waals surface area contributed by atoms with Crippen molar-refractivity contribution in [1.29, 1.82) is 5.26 Å². The van der Waals surface area contributed by atoms with Gasteiger partial charge in [0.15, 0.2) is 0 Å². The summed E-state index contributed by atoms with van der Waals surface area (Å²) in [7, 11) is 2.05. The first kappa shape index (κ1) is 14.7. The van der Waals surface area contributed by atoms with Crippen LogP contribution in [0, 0.1) is 18.3 Å². The summed E-state index contributed by atoms with van der Waals surface area (Å²) in [6.07, 6.45) is 1.97. The van der Waals surface area contributed by atoms with Gasteiger partial charge in [-0.3, -0.25) is 0 Å². The fourth-order valence-electron chi connectivity index (χ4n) is 3.01. The Hall–Kier alpha value is -2.90. The van der Waals surface area contributed by atoms with Crippen molar-refractivity contribution in [2.75, 3.05) is 0 Å². The van der Waals surface area contributed by atoms with Gasteiger partial charge in [-0.2, -0.15) is 5.26 Å². The van der Waals surface area contributed by atoms with Crippen molar-refractivity contribution in [2.24, 2.45) is 7.05 Å². The number of aromatic nitrogens is 2. The molecule has 0 saturated carbocycles. The van der Waals surface area contributed by atoms with Gasteiger partial charge >= 0.3 is 0 Å². The second kappa shape index (κ2) is 5.63. The van der Waals surface area contributed by atoms with Gasteiger partial charge in [0, 0.05) is 29.2 Å². The van der Waals surface area contributed by atoms with Crippen molar-refractivity contribution in [3.05, 3.63) is 64.8 Å². The third-order valence-electron chi connectivity index (χ3n) is 4.38. The third-order valence-corrected chi connectivity index (χ3v) is 5.45. The molecule has 0 amide bonds. The van der Waals surface area contributed by atoms with E-state index in [0.717, 1.165) is 31.9 Å². The highest BCUT2D eigenvalue weighted by molar-refractivity contribution is 7.19. The lowest BCUT2D eigenvalue weighted by atomic mass is 10.1. The first-order chi connectivity index (χ1) is 11.7. The molecule has 0 N–H and O–H groups in total. The van der Waals surface area contributed by atoms with Gasteiger partial charge in [-0.05, 0) is 31.2 Å². The Morgan fingerprint density at radius 2 is 1.92 bits per heavy atom. The van der Waals surface area contributed by atoms with Crippen LogP contribution in [0.2, 0.25) is 0 Å². The molecule has 24 heavy (non-hydrogen) atoms. The quantitative estimate of drug-likeness (QED) is 0.477. The highest BCUT2D eigenvalue weighted by atomic mass is 32.1. The molecule has 3 nitrogen and oxygen atoms in total. The molecule has 0 aliphatic heterocycles. The second-order valence-electron chi connectivity index (χ2n) is 5.73. The zero-order valence-electron chi connectivity index (χ0n) is 13.4. The molecule has 4 rings (SSSR count). The summed E-state index contributed by atoms with van der Waals surface area (Å²) >= 11 is 1.56. The van der Waals surface area contributed by atoms with Crippen molar-refractivity contribution in [1.82, 2.24) is 9.55 Å². The summed E-state index contributed by atoms with van der Waals surface area (Å²) in [6.45, 7) is 2.08. The van der Waals surface area contributed by atoms with Crippen LogP contribution in [0.4, 0.5) is 0 Å². The molecular formula is C20H15N3S. The maximum absolute atomic E-state index is 9.68. The van der Waals surface area contributed by atoms with Crippen molar-refractivity contribution in [3.8, 4) is 6.07 Å². The molecule has 0 spiro atoms. The van der Waals surface area contributed by atoms with Gasteiger partial charge in [-0.1, -0.05) is 30.3 Å². The minimum atomic E-state index is 0.607. The molecule has 0 atom stereocenters. The number of fused-ring (bicyclic) bond motifs is 2. The van der Waals surface area contributed by atoms with E-state index in [1.165, 1.54) is 5.52 Å². The smallest absolute Gasteiger partial charge is 0.135 e. The average molecular weight is 329 g/mol. The van der Waals surface area contributed by atoms with Gasteiger partial charge < -0.3 is 4.57 Å². The molecule has 0 unspecified atom stereocenters. The average Bonchev–Trinajstić information content (AvgIpc) is 3.14. The Kier molecular flexibility index (Phi) is 3.44. The van der Waals surface area contributed by atoms with Gasteiger partial charge in [0.1, 0.15) is 11.1 Å². The fraction of sp³-hybridized carbons (Fsp3) is 0.100. The number of aryl methyl sites for hydroxylation is 1. The number of allylic oxidation sites excluding steroid dienone is 1. The molecule has 0 bridgehead atoms. The lowest BCUT2D eigenvalue weighted by Crippen LogP contribution is -1.90. The second-order valence-corrected chi connectivity index (χ2v) is 6.76. The minimum Gasteiger partial charge on any atom is -0.347 e. The van der Waals surface area contributed by atoms with Crippen molar-refractivity contribution >= 4 is 44.1 Å². The first-order valence-electron chi connectivity index (χ1n) is 7.71. The van der Waals surface area contributed by atoms with E-state index >= 15 is 0 Å². The van der Waals surface area contributed by atoms with Crippen molar-refractivity contribution < 1.29 is 0 Å². The molecule has 2 aromatic carbocycles. The van der Waals surface area contributed by atoms with E-state index in [1.54, 1.807) is 11.3 Å². The van der Waals surface area contributed by atoms with Crippen molar-refractivity contribution in [2.45, 2.75) is 6.92 Å².